The molecular formula is C17H26Cl2N4O. The number of piperidine rings is 1. The number of nitrogens with one attached hydrogen (secondary N) is 3. The number of hydrogen-bond acceptors (Lipinski definition) is 4. The summed E-state index contributed by atoms with van der Waals surface area (Å²) in [6.07, 6.45) is 3.02. The number of halogens is 2. The number of amides is 1. The van der Waals surface area contributed by atoms with E-state index in [-0.39, 0.29) is 30.4 Å². The quantitative estimate of drug-likeness (QED) is 0.757. The minimum Gasteiger partial charge on any atom is -0.341 e. The Bertz CT molecular complexity index is 555. The van der Waals surface area contributed by atoms with Gasteiger partial charge in [0.15, 0.2) is 0 Å². The van der Waals surface area contributed by atoms with Crippen molar-refractivity contribution in [3.8, 4) is 0 Å². The van der Waals surface area contributed by atoms with Gasteiger partial charge >= 0.3 is 0 Å². The van der Waals surface area contributed by atoms with Gasteiger partial charge in [-0.1, -0.05) is 29.8 Å². The molecule has 2 fully saturated rings. The Balaban J connectivity index is 0.00000208. The van der Waals surface area contributed by atoms with E-state index in [9.17, 15) is 4.79 Å². The molecule has 0 bridgehead atoms. The van der Waals surface area contributed by atoms with Crippen molar-refractivity contribution in [2.75, 3.05) is 26.7 Å². The van der Waals surface area contributed by atoms with Crippen molar-refractivity contribution in [3.63, 3.8) is 0 Å². The predicted molar refractivity (Wildman–Crippen MR) is 99.3 cm³/mol. The fourth-order valence-electron chi connectivity index (χ4n) is 3.62. The molecule has 0 aromatic heterocycles. The van der Waals surface area contributed by atoms with E-state index >= 15 is 0 Å². The summed E-state index contributed by atoms with van der Waals surface area (Å²) < 4.78 is 0. The first-order chi connectivity index (χ1) is 11.2. The molecule has 3 N–H and O–H groups in total. The van der Waals surface area contributed by atoms with Crippen LogP contribution >= 0.6 is 24.0 Å². The van der Waals surface area contributed by atoms with Gasteiger partial charge in [0.2, 0.25) is 5.91 Å². The number of likely N-dealkylation sites (tertiary alicyclic amines) is 1. The van der Waals surface area contributed by atoms with Crippen LogP contribution in [-0.4, -0.2) is 43.5 Å². The second kappa shape index (κ2) is 9.02. The molecule has 0 spiro atoms. The first kappa shape index (κ1) is 19.5. The maximum Gasteiger partial charge on any atom is 0.241 e. The van der Waals surface area contributed by atoms with Crippen LogP contribution in [0.5, 0.6) is 0 Å². The smallest absolute Gasteiger partial charge is 0.241 e. The van der Waals surface area contributed by atoms with E-state index in [0.717, 1.165) is 43.1 Å². The molecule has 1 aromatic carbocycles. The molecule has 5 nitrogen and oxygen atoms in total. The fraction of sp³-hybridized carbons (Fsp3) is 0.588. The number of rotatable bonds is 4. The zero-order chi connectivity index (χ0) is 16.2. The van der Waals surface area contributed by atoms with E-state index in [1.807, 2.05) is 36.2 Å². The SMILES string of the molecule is CNCC1CCCN(C(=O)C2CC(c3ccccc3Cl)NN2)C1.Cl. The zero-order valence-corrected chi connectivity index (χ0v) is 15.5. The van der Waals surface area contributed by atoms with Gasteiger partial charge in [0.1, 0.15) is 6.04 Å². The molecule has 3 rings (SSSR count). The number of carbonyl (C=O) groups is 1. The average molecular weight is 373 g/mol. The minimum atomic E-state index is -0.176. The highest BCUT2D eigenvalue weighted by Crippen LogP contribution is 2.29. The van der Waals surface area contributed by atoms with E-state index in [1.165, 1.54) is 6.42 Å². The Morgan fingerprint density at radius 1 is 1.38 bits per heavy atom. The Kier molecular flexibility index (Phi) is 7.32. The first-order valence-electron chi connectivity index (χ1n) is 8.38. The summed E-state index contributed by atoms with van der Waals surface area (Å²) in [6.45, 7) is 2.70. The minimum absolute atomic E-state index is 0. The molecule has 2 heterocycles. The topological polar surface area (TPSA) is 56.4 Å². The number of nitrogens with zero attached hydrogens (tertiary/aromatic N) is 1. The van der Waals surface area contributed by atoms with Gasteiger partial charge in [-0.15, -0.1) is 12.4 Å². The predicted octanol–water partition coefficient (Wildman–Crippen LogP) is 2.13. The van der Waals surface area contributed by atoms with E-state index < -0.39 is 0 Å². The Hall–Kier alpha value is -0.850. The molecule has 7 heteroatoms. The van der Waals surface area contributed by atoms with Crippen molar-refractivity contribution < 1.29 is 4.79 Å². The third-order valence-corrected chi connectivity index (χ3v) is 5.15. The second-order valence-corrected chi connectivity index (χ2v) is 6.91. The zero-order valence-electron chi connectivity index (χ0n) is 13.9. The number of carbonyl (C=O) groups excluding carboxylic acids is 1. The average Bonchev–Trinajstić information content (AvgIpc) is 3.05. The highest BCUT2D eigenvalue weighted by atomic mass is 35.5. The van der Waals surface area contributed by atoms with E-state index in [1.54, 1.807) is 0 Å². The van der Waals surface area contributed by atoms with Crippen molar-refractivity contribution in [1.29, 1.82) is 0 Å². The highest BCUT2D eigenvalue weighted by Gasteiger charge is 2.35. The van der Waals surface area contributed by atoms with Crippen LogP contribution in [0.1, 0.15) is 30.9 Å². The van der Waals surface area contributed by atoms with Crippen LogP contribution < -0.4 is 16.2 Å². The largest absolute Gasteiger partial charge is 0.341 e. The van der Waals surface area contributed by atoms with Crippen molar-refractivity contribution in [1.82, 2.24) is 21.1 Å². The summed E-state index contributed by atoms with van der Waals surface area (Å²) in [6, 6.07) is 7.71. The Morgan fingerprint density at radius 2 is 2.17 bits per heavy atom. The molecule has 24 heavy (non-hydrogen) atoms. The van der Waals surface area contributed by atoms with Gasteiger partial charge in [-0.05, 0) is 50.4 Å². The maximum absolute atomic E-state index is 12.8. The normalized spacial score (nSPS) is 26.9. The van der Waals surface area contributed by atoms with Crippen LogP contribution in [0.2, 0.25) is 5.02 Å². The summed E-state index contributed by atoms with van der Waals surface area (Å²) in [5.41, 5.74) is 7.43. The molecule has 2 saturated heterocycles. The lowest BCUT2D eigenvalue weighted by molar-refractivity contribution is -0.135. The molecule has 0 aliphatic carbocycles. The van der Waals surface area contributed by atoms with Gasteiger partial charge in [0.25, 0.3) is 0 Å². The second-order valence-electron chi connectivity index (χ2n) is 6.50. The third kappa shape index (κ3) is 4.41. The molecule has 134 valence electrons. The summed E-state index contributed by atoms with van der Waals surface area (Å²) in [5, 5.41) is 3.96. The summed E-state index contributed by atoms with van der Waals surface area (Å²) in [5.74, 6) is 0.763. The molecular weight excluding hydrogens is 347 g/mol. The van der Waals surface area contributed by atoms with Gasteiger partial charge in [0, 0.05) is 24.2 Å². The standard InChI is InChI=1S/C17H25ClN4O.ClH/c1-19-10-12-5-4-8-22(11-12)17(23)16-9-15(20-21-16)13-6-2-3-7-14(13)18;/h2-3,6-7,12,15-16,19-21H,4-5,8-11H2,1H3;1H. The maximum atomic E-state index is 12.8. The highest BCUT2D eigenvalue weighted by molar-refractivity contribution is 6.31. The molecule has 1 amide bonds. The summed E-state index contributed by atoms with van der Waals surface area (Å²) >= 11 is 6.26. The van der Waals surface area contributed by atoms with Crippen molar-refractivity contribution in [2.24, 2.45) is 5.92 Å². The summed E-state index contributed by atoms with van der Waals surface area (Å²) in [4.78, 5) is 14.8. The number of hydrazine groups is 1. The Morgan fingerprint density at radius 3 is 2.92 bits per heavy atom. The van der Waals surface area contributed by atoms with Gasteiger partial charge in [0.05, 0.1) is 0 Å². The van der Waals surface area contributed by atoms with Gasteiger partial charge in [-0.25, -0.2) is 10.9 Å². The van der Waals surface area contributed by atoms with Gasteiger partial charge in [-0.3, -0.25) is 4.79 Å². The molecule has 1 aromatic rings. The molecule has 3 atom stereocenters. The Labute approximate surface area is 154 Å². The lowest BCUT2D eigenvalue weighted by Crippen LogP contribution is -2.50. The molecule has 3 unspecified atom stereocenters. The fourth-order valence-corrected chi connectivity index (χ4v) is 3.89. The van der Waals surface area contributed by atoms with Crippen molar-refractivity contribution >= 4 is 29.9 Å². The van der Waals surface area contributed by atoms with Crippen LogP contribution in [-0.2, 0) is 4.79 Å². The van der Waals surface area contributed by atoms with Crippen LogP contribution in [0.4, 0.5) is 0 Å². The lowest BCUT2D eigenvalue weighted by atomic mass is 9.96. The van der Waals surface area contributed by atoms with Crippen molar-refractivity contribution in [2.45, 2.75) is 31.3 Å². The van der Waals surface area contributed by atoms with E-state index in [4.69, 9.17) is 11.6 Å². The lowest BCUT2D eigenvalue weighted by Gasteiger charge is -2.34. The molecule has 0 radical (unpaired) electrons. The van der Waals surface area contributed by atoms with Crippen molar-refractivity contribution in [3.05, 3.63) is 34.9 Å². The van der Waals surface area contributed by atoms with Crippen LogP contribution in [0.25, 0.3) is 0 Å². The van der Waals surface area contributed by atoms with Crippen LogP contribution in [0, 0.1) is 5.92 Å². The number of benzene rings is 1. The van der Waals surface area contributed by atoms with Gasteiger partial charge < -0.3 is 10.2 Å². The van der Waals surface area contributed by atoms with E-state index in [2.05, 4.69) is 16.2 Å². The van der Waals surface area contributed by atoms with Crippen LogP contribution in [0.3, 0.4) is 0 Å². The van der Waals surface area contributed by atoms with Crippen LogP contribution in [0.15, 0.2) is 24.3 Å². The first-order valence-corrected chi connectivity index (χ1v) is 8.75. The van der Waals surface area contributed by atoms with E-state index in [0.29, 0.717) is 5.92 Å². The third-order valence-electron chi connectivity index (χ3n) is 4.81. The monoisotopic (exact) mass is 372 g/mol. The van der Waals surface area contributed by atoms with Gasteiger partial charge in [-0.2, -0.15) is 0 Å². The number of hydrogen-bond donors (Lipinski definition) is 3. The molecule has 2 aliphatic rings. The molecule has 0 saturated carbocycles. The molecule has 2 aliphatic heterocycles. The summed E-state index contributed by atoms with van der Waals surface area (Å²) in [7, 11) is 1.97.